The van der Waals surface area contributed by atoms with Gasteiger partial charge in [-0.15, -0.1) is 0 Å². The van der Waals surface area contributed by atoms with Gasteiger partial charge in [-0.2, -0.15) is 13.2 Å². The molecule has 6 rings (SSSR count). The van der Waals surface area contributed by atoms with Gasteiger partial charge in [0.2, 0.25) is 0 Å². The lowest BCUT2D eigenvalue weighted by Crippen LogP contribution is -2.65. The van der Waals surface area contributed by atoms with Gasteiger partial charge in [-0.25, -0.2) is 4.39 Å². The number of anilines is 1. The molecule has 0 aliphatic carbocycles. The van der Waals surface area contributed by atoms with E-state index < -0.39 is 35.1 Å². The highest BCUT2D eigenvalue weighted by Crippen LogP contribution is 2.43. The van der Waals surface area contributed by atoms with Crippen molar-refractivity contribution in [2.24, 2.45) is 5.41 Å². The maximum Gasteiger partial charge on any atom is 0.416 e. The van der Waals surface area contributed by atoms with Crippen LogP contribution in [-0.4, -0.2) is 80.6 Å². The van der Waals surface area contributed by atoms with Crippen LogP contribution in [0.25, 0.3) is 0 Å². The molecule has 1 unspecified atom stereocenters. The number of ether oxygens (including phenoxy) is 2. The van der Waals surface area contributed by atoms with Crippen molar-refractivity contribution in [3.05, 3.63) is 64.2 Å². The number of hydrogen-bond donors (Lipinski definition) is 2. The molecule has 4 aliphatic heterocycles. The summed E-state index contributed by atoms with van der Waals surface area (Å²) in [5.41, 5.74) is -0.696. The number of fused-ring (bicyclic) bond motifs is 1. The molecular weight excluding hydrogens is 530 g/mol. The molecule has 4 heterocycles. The Morgan fingerprint density at radius 1 is 1.15 bits per heavy atom. The number of carbonyl (C=O) groups excluding carboxylic acids is 1. The Hall–Kier alpha value is -3.35. The molecule has 212 valence electrons. The number of nitrogens with zero attached hydrogens (tertiary/aromatic N) is 3. The fraction of sp³-hybridized carbons (Fsp3) is 0.464. The summed E-state index contributed by atoms with van der Waals surface area (Å²) in [6, 6.07) is 9.19. The number of nitrogens with one attached hydrogen (secondary N) is 2. The molecule has 3 saturated heterocycles. The molecule has 2 aromatic carbocycles. The third kappa shape index (κ3) is 4.20. The van der Waals surface area contributed by atoms with Gasteiger partial charge >= 0.3 is 6.18 Å². The molecule has 0 radical (unpaired) electrons. The summed E-state index contributed by atoms with van der Waals surface area (Å²) in [5, 5.41) is 15.5. The maximum absolute atomic E-state index is 15.6. The van der Waals surface area contributed by atoms with E-state index in [9.17, 15) is 18.0 Å². The van der Waals surface area contributed by atoms with E-state index in [1.165, 1.54) is 11.9 Å². The second-order valence-electron chi connectivity index (χ2n) is 11.4. The monoisotopic (exact) mass is 559 g/mol. The molecule has 40 heavy (non-hydrogen) atoms. The van der Waals surface area contributed by atoms with Gasteiger partial charge in [0, 0.05) is 43.3 Å². The van der Waals surface area contributed by atoms with Crippen molar-refractivity contribution < 1.29 is 31.8 Å². The number of rotatable bonds is 7. The van der Waals surface area contributed by atoms with Gasteiger partial charge in [-0.05, 0) is 41.0 Å². The van der Waals surface area contributed by atoms with Crippen molar-refractivity contribution >= 4 is 23.8 Å². The highest BCUT2D eigenvalue weighted by molar-refractivity contribution is 6.10. The summed E-state index contributed by atoms with van der Waals surface area (Å²) < 4.78 is 68.7. The minimum atomic E-state index is -4.63. The zero-order valence-electron chi connectivity index (χ0n) is 21.9. The average Bonchev–Trinajstić information content (AvgIpc) is 3.18. The summed E-state index contributed by atoms with van der Waals surface area (Å²) in [6.45, 7) is 2.90. The molecule has 2 N–H and O–H groups in total. The number of likely N-dealkylation sites (tertiary alicyclic amines) is 1. The second-order valence-corrected chi connectivity index (χ2v) is 11.4. The molecule has 0 aromatic heterocycles. The average molecular weight is 560 g/mol. The fourth-order valence-corrected chi connectivity index (χ4v) is 6.14. The quantitative estimate of drug-likeness (QED) is 0.306. The smallest absolute Gasteiger partial charge is 0.380 e. The van der Waals surface area contributed by atoms with Gasteiger partial charge in [-0.3, -0.25) is 20.5 Å². The van der Waals surface area contributed by atoms with Gasteiger partial charge in [0.25, 0.3) is 5.91 Å². The van der Waals surface area contributed by atoms with Crippen LogP contribution in [0.2, 0.25) is 0 Å². The van der Waals surface area contributed by atoms with E-state index in [0.29, 0.717) is 36.6 Å². The van der Waals surface area contributed by atoms with Gasteiger partial charge in [0.15, 0.2) is 6.17 Å². The Balaban J connectivity index is 1.29. The van der Waals surface area contributed by atoms with Gasteiger partial charge in [0.1, 0.15) is 5.84 Å². The van der Waals surface area contributed by atoms with Crippen molar-refractivity contribution in [1.82, 2.24) is 9.80 Å². The largest absolute Gasteiger partial charge is 0.416 e. The third-order valence-corrected chi connectivity index (χ3v) is 8.50. The molecule has 0 bridgehead atoms. The minimum absolute atomic E-state index is 0.00843. The molecule has 1 spiro atoms. The normalized spacial score (nSPS) is 21.7. The zero-order chi connectivity index (χ0) is 28.4. The number of benzene rings is 2. The van der Waals surface area contributed by atoms with Crippen LogP contribution in [0.3, 0.4) is 0 Å². The van der Waals surface area contributed by atoms with Crippen LogP contribution < -0.4 is 4.90 Å². The first-order valence-electron chi connectivity index (χ1n) is 13.0. The first kappa shape index (κ1) is 26.9. The molecule has 1 atom stereocenters. The highest BCUT2D eigenvalue weighted by atomic mass is 19.4. The van der Waals surface area contributed by atoms with Crippen molar-refractivity contribution in [2.45, 2.75) is 30.9 Å². The topological polar surface area (TPSA) is 93.0 Å². The van der Waals surface area contributed by atoms with Crippen molar-refractivity contribution in [3.63, 3.8) is 0 Å². The summed E-state index contributed by atoms with van der Waals surface area (Å²) in [6.07, 6.45) is -5.58. The van der Waals surface area contributed by atoms with E-state index in [1.807, 2.05) is 0 Å². The van der Waals surface area contributed by atoms with Crippen LogP contribution >= 0.6 is 0 Å². The van der Waals surface area contributed by atoms with Crippen LogP contribution in [-0.2, 0) is 34.2 Å². The molecule has 8 nitrogen and oxygen atoms in total. The standard InChI is InChI=1S/C28H29F4N5O3/c1-35(16-33)24(34)23(29)27(14-40-15-27)18-3-2-4-19(7-18)37-9-21-20(25(37)38)5-17(6-22(21)28(30,31)32)8-36-10-26(11-36)12-39-13-26/h2-7,16,23,33-34H,8-15H2,1H3. The molecular formula is C28H29F4N5O3. The number of hydrogen-bond acceptors (Lipinski definition) is 6. The van der Waals surface area contributed by atoms with E-state index in [2.05, 4.69) is 4.90 Å². The summed E-state index contributed by atoms with van der Waals surface area (Å²) in [7, 11) is 1.40. The molecule has 4 aliphatic rings. The lowest BCUT2D eigenvalue weighted by Gasteiger charge is -2.55. The minimum Gasteiger partial charge on any atom is -0.380 e. The van der Waals surface area contributed by atoms with Crippen LogP contribution in [0, 0.1) is 16.2 Å². The van der Waals surface area contributed by atoms with Crippen LogP contribution in [0.5, 0.6) is 0 Å². The Labute approximate surface area is 228 Å². The summed E-state index contributed by atoms with van der Waals surface area (Å²) in [4.78, 5) is 17.9. The predicted molar refractivity (Wildman–Crippen MR) is 139 cm³/mol. The Morgan fingerprint density at radius 3 is 2.42 bits per heavy atom. The molecule has 0 saturated carbocycles. The molecule has 1 amide bonds. The van der Waals surface area contributed by atoms with E-state index in [0.717, 1.165) is 30.4 Å². The lowest BCUT2D eigenvalue weighted by atomic mass is 9.73. The Morgan fingerprint density at radius 2 is 1.85 bits per heavy atom. The first-order valence-corrected chi connectivity index (χ1v) is 13.0. The number of amides is 1. The van der Waals surface area contributed by atoms with E-state index in [-0.39, 0.29) is 36.3 Å². The van der Waals surface area contributed by atoms with Gasteiger partial charge < -0.3 is 19.3 Å². The zero-order valence-corrected chi connectivity index (χ0v) is 21.9. The molecule has 12 heteroatoms. The number of amidine groups is 1. The first-order chi connectivity index (χ1) is 19.0. The number of alkyl halides is 4. The Bertz CT molecular complexity index is 1380. The van der Waals surface area contributed by atoms with Gasteiger partial charge in [-0.1, -0.05) is 12.1 Å². The van der Waals surface area contributed by atoms with Crippen molar-refractivity contribution in [1.29, 1.82) is 10.8 Å². The van der Waals surface area contributed by atoms with Crippen molar-refractivity contribution in [3.8, 4) is 0 Å². The van der Waals surface area contributed by atoms with Crippen molar-refractivity contribution in [2.75, 3.05) is 51.5 Å². The predicted octanol–water partition coefficient (Wildman–Crippen LogP) is 3.82. The van der Waals surface area contributed by atoms with E-state index in [1.54, 1.807) is 30.3 Å². The van der Waals surface area contributed by atoms with Crippen LogP contribution in [0.1, 0.15) is 32.6 Å². The summed E-state index contributed by atoms with van der Waals surface area (Å²) >= 11 is 0. The van der Waals surface area contributed by atoms with E-state index >= 15 is 4.39 Å². The highest BCUT2D eigenvalue weighted by Gasteiger charge is 2.51. The SMILES string of the molecule is CN(C=N)C(=N)C(F)C1(c2cccc(N3Cc4c(cc(CN5CC6(COC6)C5)cc4C(F)(F)F)C3=O)c2)COC1. The molecule has 3 fully saturated rings. The fourth-order valence-electron chi connectivity index (χ4n) is 6.14. The number of halogens is 4. The Kier molecular flexibility index (Phi) is 6.28. The number of carbonyl (C=O) groups is 1. The van der Waals surface area contributed by atoms with Crippen LogP contribution in [0.15, 0.2) is 36.4 Å². The molecule has 2 aromatic rings. The van der Waals surface area contributed by atoms with Crippen LogP contribution in [0.4, 0.5) is 23.2 Å². The van der Waals surface area contributed by atoms with E-state index in [4.69, 9.17) is 20.3 Å². The van der Waals surface area contributed by atoms with Gasteiger partial charge in [0.05, 0.1) is 50.3 Å². The lowest BCUT2D eigenvalue weighted by molar-refractivity contribution is -0.191. The third-order valence-electron chi connectivity index (χ3n) is 8.50. The maximum atomic E-state index is 15.6. The second kappa shape index (κ2) is 9.35. The summed E-state index contributed by atoms with van der Waals surface area (Å²) in [5.74, 6) is -0.951.